The van der Waals surface area contributed by atoms with Crippen LogP contribution in [-0.4, -0.2) is 38.5 Å². The molecule has 10 nitrogen and oxygen atoms in total. The van der Waals surface area contributed by atoms with Gasteiger partial charge in [0.15, 0.2) is 11.6 Å². The van der Waals surface area contributed by atoms with Crippen LogP contribution in [-0.2, 0) is 21.2 Å². The largest absolute Gasteiger partial charge is 0.497 e. The summed E-state index contributed by atoms with van der Waals surface area (Å²) in [6.45, 7) is 0. The number of carbonyl (C=O) groups is 1. The molecule has 204 valence electrons. The van der Waals surface area contributed by atoms with Crippen molar-refractivity contribution in [3.05, 3.63) is 89.1 Å². The number of methoxy groups -OCH3 is 2. The highest BCUT2D eigenvalue weighted by Gasteiger charge is 2.20. The summed E-state index contributed by atoms with van der Waals surface area (Å²) in [5.74, 6) is 0.998. The van der Waals surface area contributed by atoms with Gasteiger partial charge >= 0.3 is 0 Å². The summed E-state index contributed by atoms with van der Waals surface area (Å²) < 4.78 is 40.2. The van der Waals surface area contributed by atoms with Crippen LogP contribution in [0, 0.1) is 0 Å². The molecule has 3 N–H and O–H groups in total. The molecule has 0 fully saturated rings. The smallest absolute Gasteiger partial charge is 0.263 e. The molecule has 12 heteroatoms. The summed E-state index contributed by atoms with van der Waals surface area (Å²) in [6.07, 6.45) is 0.190. The first-order valence-electron chi connectivity index (χ1n) is 12.0. The molecule has 0 saturated carbocycles. The zero-order valence-corrected chi connectivity index (χ0v) is 23.2. The number of benzene rings is 3. The Balaban J connectivity index is 1.45. The van der Waals surface area contributed by atoms with Crippen molar-refractivity contribution in [3.63, 3.8) is 0 Å². The van der Waals surface area contributed by atoms with Gasteiger partial charge in [0.05, 0.1) is 36.6 Å². The zero-order valence-electron chi connectivity index (χ0n) is 21.5. The molecule has 5 rings (SSSR count). The monoisotopic (exact) mass is 575 g/mol. The second-order valence-electron chi connectivity index (χ2n) is 8.63. The third-order valence-corrected chi connectivity index (χ3v) is 7.86. The Morgan fingerprint density at radius 2 is 1.55 bits per heavy atom. The van der Waals surface area contributed by atoms with E-state index in [4.69, 9.17) is 9.47 Å². The Morgan fingerprint density at radius 1 is 0.850 bits per heavy atom. The Hall–Kier alpha value is -4.68. The maximum Gasteiger partial charge on any atom is 0.263 e. The van der Waals surface area contributed by atoms with Crippen LogP contribution in [0.15, 0.2) is 88.5 Å². The van der Waals surface area contributed by atoms with E-state index in [1.165, 1.54) is 37.7 Å². The minimum absolute atomic E-state index is 0.00705. The molecule has 5 aromatic rings. The lowest BCUT2D eigenvalue weighted by atomic mass is 10.2. The first kappa shape index (κ1) is 26.9. The van der Waals surface area contributed by atoms with Crippen LogP contribution in [0.25, 0.3) is 11.0 Å². The van der Waals surface area contributed by atoms with E-state index >= 15 is 0 Å². The van der Waals surface area contributed by atoms with Crippen molar-refractivity contribution in [1.29, 1.82) is 0 Å². The standard InChI is InChI=1S/C28H25N5O5S2/c1-37-21-13-20(14-22(16-21)38-2)30-27-28(32-25-9-4-3-8-24(25)31-27)33-40(35,36)23-7-5-6-19(15-23)29-26(34)12-18-10-11-39-17-18/h3-11,13-17H,12H2,1-2H3,(H,29,34)(H,30,31)(H,32,33). The molecule has 3 aromatic carbocycles. The number of hydrogen-bond donors (Lipinski definition) is 3. The van der Waals surface area contributed by atoms with E-state index in [0.29, 0.717) is 33.9 Å². The number of aromatic nitrogens is 2. The fourth-order valence-corrected chi connectivity index (χ4v) is 5.61. The molecule has 0 spiro atoms. The maximum absolute atomic E-state index is 13.5. The minimum Gasteiger partial charge on any atom is -0.497 e. The third-order valence-electron chi connectivity index (χ3n) is 5.79. The molecule has 2 aromatic heterocycles. The van der Waals surface area contributed by atoms with Gasteiger partial charge in [0.25, 0.3) is 10.0 Å². The molecule has 0 saturated heterocycles. The lowest BCUT2D eigenvalue weighted by Crippen LogP contribution is -2.17. The molecular formula is C28H25N5O5S2. The van der Waals surface area contributed by atoms with Crippen molar-refractivity contribution in [1.82, 2.24) is 9.97 Å². The second-order valence-corrected chi connectivity index (χ2v) is 11.1. The molecule has 40 heavy (non-hydrogen) atoms. The van der Waals surface area contributed by atoms with Crippen molar-refractivity contribution in [2.45, 2.75) is 11.3 Å². The van der Waals surface area contributed by atoms with Gasteiger partial charge < -0.3 is 20.1 Å². The molecule has 0 aliphatic rings. The number of fused-ring (bicyclic) bond motifs is 1. The van der Waals surface area contributed by atoms with Crippen LogP contribution < -0.4 is 24.8 Å². The van der Waals surface area contributed by atoms with Crippen molar-refractivity contribution in [2.75, 3.05) is 29.6 Å². The van der Waals surface area contributed by atoms with Gasteiger partial charge in [-0.25, -0.2) is 18.4 Å². The molecular weight excluding hydrogens is 550 g/mol. The van der Waals surface area contributed by atoms with E-state index in [1.54, 1.807) is 48.5 Å². The highest BCUT2D eigenvalue weighted by Crippen LogP contribution is 2.31. The van der Waals surface area contributed by atoms with Crippen LogP contribution in [0.5, 0.6) is 11.5 Å². The molecule has 0 aliphatic heterocycles. The van der Waals surface area contributed by atoms with Gasteiger partial charge in [-0.15, -0.1) is 0 Å². The van der Waals surface area contributed by atoms with Crippen molar-refractivity contribution < 1.29 is 22.7 Å². The lowest BCUT2D eigenvalue weighted by molar-refractivity contribution is -0.115. The van der Waals surface area contributed by atoms with Gasteiger partial charge in [0, 0.05) is 29.6 Å². The van der Waals surface area contributed by atoms with Gasteiger partial charge in [-0.05, 0) is 52.7 Å². The first-order valence-corrected chi connectivity index (χ1v) is 14.5. The van der Waals surface area contributed by atoms with Gasteiger partial charge in [0.2, 0.25) is 5.91 Å². The van der Waals surface area contributed by atoms with E-state index in [0.717, 1.165) is 5.56 Å². The van der Waals surface area contributed by atoms with Crippen molar-refractivity contribution >= 4 is 61.3 Å². The highest BCUT2D eigenvalue weighted by molar-refractivity contribution is 7.92. The summed E-state index contributed by atoms with van der Waals surface area (Å²) >= 11 is 1.50. The van der Waals surface area contributed by atoms with Crippen molar-refractivity contribution in [3.8, 4) is 11.5 Å². The molecule has 0 unspecified atom stereocenters. The van der Waals surface area contributed by atoms with Crippen molar-refractivity contribution in [2.24, 2.45) is 0 Å². The Kier molecular flexibility index (Phi) is 7.80. The number of anilines is 4. The number of carbonyl (C=O) groups excluding carboxylic acids is 1. The Morgan fingerprint density at radius 3 is 2.20 bits per heavy atom. The number of rotatable bonds is 10. The van der Waals surface area contributed by atoms with Gasteiger partial charge in [0.1, 0.15) is 11.5 Å². The number of amides is 1. The summed E-state index contributed by atoms with van der Waals surface area (Å²) in [5.41, 5.74) is 2.86. The number of nitrogens with one attached hydrogen (secondary N) is 3. The number of ether oxygens (including phenoxy) is 2. The topological polar surface area (TPSA) is 132 Å². The number of para-hydroxylation sites is 2. The molecule has 1 amide bonds. The number of sulfonamides is 1. The highest BCUT2D eigenvalue weighted by atomic mass is 32.2. The summed E-state index contributed by atoms with van der Waals surface area (Å²) in [7, 11) is -1.05. The van der Waals surface area contributed by atoms with Gasteiger partial charge in [-0.3, -0.25) is 9.52 Å². The number of thiophene rings is 1. The van der Waals surface area contributed by atoms with E-state index < -0.39 is 10.0 Å². The van der Waals surface area contributed by atoms with Crippen LogP contribution in [0.1, 0.15) is 5.56 Å². The molecule has 2 heterocycles. The van der Waals surface area contributed by atoms with Gasteiger partial charge in [-0.2, -0.15) is 11.3 Å². The summed E-state index contributed by atoms with van der Waals surface area (Å²) in [4.78, 5) is 21.5. The fraction of sp³-hybridized carbons (Fsp3) is 0.107. The first-order chi connectivity index (χ1) is 19.3. The molecule has 0 bridgehead atoms. The quantitative estimate of drug-likeness (QED) is 0.201. The maximum atomic E-state index is 13.5. The predicted molar refractivity (Wildman–Crippen MR) is 156 cm³/mol. The normalized spacial score (nSPS) is 11.2. The van der Waals surface area contributed by atoms with Gasteiger partial charge in [-0.1, -0.05) is 18.2 Å². The van der Waals surface area contributed by atoms with Crippen LogP contribution in [0.4, 0.5) is 23.0 Å². The van der Waals surface area contributed by atoms with Crippen LogP contribution >= 0.6 is 11.3 Å². The molecule has 0 aliphatic carbocycles. The Labute approximate surface area is 235 Å². The van der Waals surface area contributed by atoms with E-state index in [2.05, 4.69) is 25.3 Å². The second kappa shape index (κ2) is 11.6. The summed E-state index contributed by atoms with van der Waals surface area (Å²) in [6, 6.07) is 20.2. The van der Waals surface area contributed by atoms with E-state index in [9.17, 15) is 13.2 Å². The number of hydrogen-bond acceptors (Lipinski definition) is 9. The van der Waals surface area contributed by atoms with E-state index in [-0.39, 0.29) is 28.9 Å². The minimum atomic E-state index is -4.12. The predicted octanol–water partition coefficient (Wildman–Crippen LogP) is 5.43. The SMILES string of the molecule is COc1cc(Nc2nc3ccccc3nc2NS(=O)(=O)c2cccc(NC(=O)Cc3ccsc3)c2)cc(OC)c1. The lowest BCUT2D eigenvalue weighted by Gasteiger charge is -2.15. The molecule has 0 atom stereocenters. The zero-order chi connectivity index (χ0) is 28.1. The Bertz CT molecular complexity index is 1750. The summed E-state index contributed by atoms with van der Waals surface area (Å²) in [5, 5.41) is 9.67. The third kappa shape index (κ3) is 6.30. The van der Waals surface area contributed by atoms with Crippen LogP contribution in [0.3, 0.4) is 0 Å². The van der Waals surface area contributed by atoms with Crippen LogP contribution in [0.2, 0.25) is 0 Å². The number of nitrogens with zero attached hydrogens (tertiary/aromatic N) is 2. The fourth-order valence-electron chi connectivity index (χ4n) is 3.89. The molecule has 0 radical (unpaired) electrons. The average molecular weight is 576 g/mol. The average Bonchev–Trinajstić information content (AvgIpc) is 3.46. The van der Waals surface area contributed by atoms with E-state index in [1.807, 2.05) is 22.9 Å².